The fourth-order valence-electron chi connectivity index (χ4n) is 7.04. The van der Waals surface area contributed by atoms with E-state index in [4.69, 9.17) is 0 Å². The first-order valence-electron chi connectivity index (χ1n) is 10.2. The second-order valence-electron chi connectivity index (χ2n) is 9.38. The van der Waals surface area contributed by atoms with Crippen molar-refractivity contribution >= 4 is 17.5 Å². The highest BCUT2D eigenvalue weighted by atomic mass is 16.5. The van der Waals surface area contributed by atoms with Crippen molar-refractivity contribution in [3.8, 4) is 0 Å². The van der Waals surface area contributed by atoms with E-state index in [0.717, 1.165) is 31.3 Å². The number of ether oxygens (including phenoxy) is 1. The Bertz CT molecular complexity index is 823. The van der Waals surface area contributed by atoms with E-state index in [1.165, 1.54) is 13.2 Å². The molecular formula is C22H28O6. The van der Waals surface area contributed by atoms with Gasteiger partial charge in [-0.1, -0.05) is 12.5 Å². The lowest BCUT2D eigenvalue weighted by Crippen LogP contribution is -2.52. The van der Waals surface area contributed by atoms with E-state index in [2.05, 4.69) is 11.7 Å². The summed E-state index contributed by atoms with van der Waals surface area (Å²) >= 11 is 0. The molecule has 4 aliphatic rings. The molecule has 0 heterocycles. The first-order valence-corrected chi connectivity index (χ1v) is 10.2. The quantitative estimate of drug-likeness (QED) is 0.555. The fraction of sp³-hybridized carbons (Fsp3) is 0.682. The molecule has 0 unspecified atom stereocenters. The van der Waals surface area contributed by atoms with Crippen LogP contribution in [0, 0.1) is 34.5 Å². The van der Waals surface area contributed by atoms with Gasteiger partial charge in [0.2, 0.25) is 17.3 Å². The van der Waals surface area contributed by atoms with Crippen LogP contribution < -0.4 is 0 Å². The smallest absolute Gasteiger partial charge is 0.374 e. The second kappa shape index (κ2) is 6.19. The zero-order valence-corrected chi connectivity index (χ0v) is 16.7. The minimum absolute atomic E-state index is 0.104. The van der Waals surface area contributed by atoms with E-state index in [1.807, 2.05) is 6.92 Å². The maximum atomic E-state index is 12.6. The first-order chi connectivity index (χ1) is 13.2. The third-order valence-electron chi connectivity index (χ3n) is 8.55. The zero-order chi connectivity index (χ0) is 20.4. The van der Waals surface area contributed by atoms with E-state index >= 15 is 0 Å². The molecule has 0 radical (unpaired) electrons. The first kappa shape index (κ1) is 19.2. The van der Waals surface area contributed by atoms with Crippen LogP contribution in [0.2, 0.25) is 0 Å². The van der Waals surface area contributed by atoms with Crippen LogP contribution in [0.3, 0.4) is 0 Å². The van der Waals surface area contributed by atoms with Gasteiger partial charge in [-0.25, -0.2) is 4.79 Å². The summed E-state index contributed by atoms with van der Waals surface area (Å²) in [5.41, 5.74) is -0.0828. The summed E-state index contributed by atoms with van der Waals surface area (Å²) in [6.45, 7) is 4.06. The normalized spacial score (nSPS) is 42.2. The number of Topliss-reactive ketones (excluding diaryl/α,β-unsaturated/α-hetero) is 1. The molecule has 4 aliphatic carbocycles. The van der Waals surface area contributed by atoms with Gasteiger partial charge in [0.25, 0.3) is 0 Å². The minimum atomic E-state index is -0.758. The van der Waals surface area contributed by atoms with E-state index in [9.17, 15) is 24.6 Å². The predicted molar refractivity (Wildman–Crippen MR) is 100 cm³/mol. The molecule has 0 saturated heterocycles. The number of hydrogen-bond donors (Lipinski definition) is 2. The molecule has 0 aromatic heterocycles. The standard InChI is InChI=1S/C22H28O6/c1-21-9-8-14-12(13(21)6-7-15(21)17(24)20(27)28-3)5-4-11-10-16(23)18(25)19(26)22(11,14)2/h10,12-15,25-26H,4-9H2,1-3H3/t12-,13-,14-,15+,21-,22-/m0/s1. The van der Waals surface area contributed by atoms with Crippen molar-refractivity contribution in [3.63, 3.8) is 0 Å². The summed E-state index contributed by atoms with van der Waals surface area (Å²) < 4.78 is 4.68. The van der Waals surface area contributed by atoms with E-state index in [-0.39, 0.29) is 34.8 Å². The number of hydrogen-bond acceptors (Lipinski definition) is 6. The highest BCUT2D eigenvalue weighted by Gasteiger charge is 2.62. The third-order valence-corrected chi connectivity index (χ3v) is 8.55. The molecule has 3 fully saturated rings. The van der Waals surface area contributed by atoms with Crippen molar-refractivity contribution in [2.75, 3.05) is 7.11 Å². The van der Waals surface area contributed by atoms with Crippen LogP contribution in [0.1, 0.15) is 52.4 Å². The molecule has 28 heavy (non-hydrogen) atoms. The van der Waals surface area contributed by atoms with Gasteiger partial charge in [0.1, 0.15) is 5.76 Å². The third kappa shape index (κ3) is 2.29. The van der Waals surface area contributed by atoms with Crippen molar-refractivity contribution in [2.24, 2.45) is 34.5 Å². The minimum Gasteiger partial charge on any atom is -0.507 e. The van der Waals surface area contributed by atoms with Gasteiger partial charge in [-0.05, 0) is 74.7 Å². The Morgan fingerprint density at radius 3 is 2.50 bits per heavy atom. The molecule has 0 amide bonds. The Labute approximate surface area is 164 Å². The number of esters is 1. The van der Waals surface area contributed by atoms with E-state index in [1.54, 1.807) is 0 Å². The number of carbonyl (C=O) groups is 3. The molecule has 0 aliphatic heterocycles. The zero-order valence-electron chi connectivity index (χ0n) is 16.7. The van der Waals surface area contributed by atoms with Crippen LogP contribution in [0.25, 0.3) is 0 Å². The van der Waals surface area contributed by atoms with E-state index in [0.29, 0.717) is 12.8 Å². The van der Waals surface area contributed by atoms with Crippen LogP contribution in [-0.4, -0.2) is 34.9 Å². The average molecular weight is 388 g/mol. The number of carbonyl (C=O) groups excluding carboxylic acids is 3. The molecule has 0 aromatic carbocycles. The van der Waals surface area contributed by atoms with Crippen molar-refractivity contribution in [1.82, 2.24) is 0 Å². The fourth-order valence-corrected chi connectivity index (χ4v) is 7.04. The van der Waals surface area contributed by atoms with Crippen LogP contribution in [-0.2, 0) is 19.1 Å². The predicted octanol–water partition coefficient (Wildman–Crippen LogP) is 3.42. The number of fused-ring (bicyclic) bond motifs is 5. The van der Waals surface area contributed by atoms with Gasteiger partial charge in [-0.2, -0.15) is 0 Å². The number of methoxy groups -OCH3 is 1. The summed E-state index contributed by atoms with van der Waals surface area (Å²) in [4.78, 5) is 36.5. The lowest BCUT2D eigenvalue weighted by atomic mass is 9.47. The van der Waals surface area contributed by atoms with Crippen LogP contribution in [0.4, 0.5) is 0 Å². The Balaban J connectivity index is 1.68. The van der Waals surface area contributed by atoms with Crippen LogP contribution in [0.5, 0.6) is 0 Å². The summed E-state index contributed by atoms with van der Waals surface area (Å²) in [5, 5.41) is 20.9. The van der Waals surface area contributed by atoms with Crippen molar-refractivity contribution in [2.45, 2.75) is 52.4 Å². The number of rotatable bonds is 2. The van der Waals surface area contributed by atoms with Gasteiger partial charge in [-0.15, -0.1) is 0 Å². The summed E-state index contributed by atoms with van der Waals surface area (Å²) in [5.74, 6) is -2.10. The van der Waals surface area contributed by atoms with Gasteiger partial charge >= 0.3 is 5.97 Å². The molecule has 2 N–H and O–H groups in total. The van der Waals surface area contributed by atoms with Gasteiger partial charge in [0.15, 0.2) is 0 Å². The largest absolute Gasteiger partial charge is 0.507 e. The Morgan fingerprint density at radius 2 is 1.82 bits per heavy atom. The molecule has 4 rings (SSSR count). The monoisotopic (exact) mass is 388 g/mol. The van der Waals surface area contributed by atoms with Crippen molar-refractivity contribution in [1.29, 1.82) is 0 Å². The topological polar surface area (TPSA) is 101 Å². The maximum Gasteiger partial charge on any atom is 0.374 e. The van der Waals surface area contributed by atoms with E-state index < -0.39 is 28.7 Å². The Hall–Kier alpha value is -2.11. The van der Waals surface area contributed by atoms with Gasteiger partial charge in [0.05, 0.1) is 12.5 Å². The summed E-state index contributed by atoms with van der Waals surface area (Å²) in [6, 6.07) is 0. The molecule has 6 atom stereocenters. The lowest BCUT2D eigenvalue weighted by molar-refractivity contribution is -0.156. The molecule has 3 saturated carbocycles. The van der Waals surface area contributed by atoms with Crippen molar-refractivity contribution < 1.29 is 29.3 Å². The van der Waals surface area contributed by atoms with Gasteiger partial charge in [0, 0.05) is 5.92 Å². The molecule has 6 nitrogen and oxygen atoms in total. The van der Waals surface area contributed by atoms with Crippen LogP contribution >= 0.6 is 0 Å². The molecule has 0 aromatic rings. The number of ketones is 2. The summed E-state index contributed by atoms with van der Waals surface area (Å²) in [6.07, 6.45) is 6.20. The molecule has 152 valence electrons. The Morgan fingerprint density at radius 1 is 1.11 bits per heavy atom. The number of allylic oxidation sites excluding steroid dienone is 2. The van der Waals surface area contributed by atoms with Gasteiger partial charge < -0.3 is 14.9 Å². The number of aliphatic hydroxyl groups is 2. The van der Waals surface area contributed by atoms with Crippen molar-refractivity contribution in [3.05, 3.63) is 23.2 Å². The highest BCUT2D eigenvalue weighted by molar-refractivity contribution is 6.34. The molecule has 0 spiro atoms. The molecule has 6 heteroatoms. The molecular weight excluding hydrogens is 360 g/mol. The van der Waals surface area contributed by atoms with Crippen LogP contribution in [0.15, 0.2) is 23.2 Å². The highest BCUT2D eigenvalue weighted by Crippen LogP contribution is 2.67. The second-order valence-corrected chi connectivity index (χ2v) is 9.38. The molecule has 0 bridgehead atoms. The van der Waals surface area contributed by atoms with Gasteiger partial charge in [-0.3, -0.25) is 9.59 Å². The summed E-state index contributed by atoms with van der Waals surface area (Å²) in [7, 11) is 1.24. The SMILES string of the molecule is COC(=O)C(=O)[C@H]1CC[C@H]2[C@@H]3CCC4=CC(=O)C(O)=C(O)[C@]4(C)[C@H]3CC[C@]12C. The number of aliphatic hydroxyl groups excluding tert-OH is 2. The Kier molecular flexibility index (Phi) is 4.25. The average Bonchev–Trinajstić information content (AvgIpc) is 3.03. The lowest BCUT2D eigenvalue weighted by Gasteiger charge is -2.57. The maximum absolute atomic E-state index is 12.6.